The van der Waals surface area contributed by atoms with E-state index in [0.717, 1.165) is 5.56 Å². The summed E-state index contributed by atoms with van der Waals surface area (Å²) >= 11 is 6.32. The number of carbonyl (C=O) groups excluding carboxylic acids is 1. The van der Waals surface area contributed by atoms with E-state index in [1.807, 2.05) is 0 Å². The van der Waals surface area contributed by atoms with E-state index in [-0.39, 0.29) is 22.9 Å². The lowest BCUT2D eigenvalue weighted by molar-refractivity contribution is 0.101. The molecule has 3 aromatic heterocycles. The number of hydrogen-bond donors (Lipinski definition) is 4. The zero-order valence-corrected chi connectivity index (χ0v) is 16.5. The third-order valence-electron chi connectivity index (χ3n) is 4.70. The molecule has 0 spiro atoms. The molecule has 8 nitrogen and oxygen atoms in total. The van der Waals surface area contributed by atoms with Gasteiger partial charge in [0.05, 0.1) is 17.6 Å². The molecule has 0 fully saturated rings. The fourth-order valence-electron chi connectivity index (χ4n) is 3.23. The molecule has 10 heteroatoms. The summed E-state index contributed by atoms with van der Waals surface area (Å²) < 4.78 is 13.7. The number of aromatic nitrogens is 5. The van der Waals surface area contributed by atoms with Gasteiger partial charge in [-0.1, -0.05) is 11.6 Å². The Morgan fingerprint density at radius 2 is 2.07 bits per heavy atom. The summed E-state index contributed by atoms with van der Waals surface area (Å²) in [7, 11) is 0. The number of nitrogens with one attached hydrogen (secondary N) is 2. The second-order valence-corrected chi connectivity index (χ2v) is 7.06. The van der Waals surface area contributed by atoms with Crippen LogP contribution in [0.4, 0.5) is 10.2 Å². The molecular formula is C20H16ClFN6O2. The van der Waals surface area contributed by atoms with E-state index in [9.17, 15) is 14.3 Å². The molecule has 0 aliphatic carbocycles. The summed E-state index contributed by atoms with van der Waals surface area (Å²) in [6.07, 6.45) is 3.39. The van der Waals surface area contributed by atoms with Gasteiger partial charge in [0.15, 0.2) is 17.4 Å². The van der Waals surface area contributed by atoms with Gasteiger partial charge in [-0.3, -0.25) is 15.0 Å². The highest BCUT2D eigenvalue weighted by Gasteiger charge is 2.20. The van der Waals surface area contributed by atoms with Crippen molar-refractivity contribution in [2.45, 2.75) is 13.3 Å². The van der Waals surface area contributed by atoms with Crippen LogP contribution in [0.3, 0.4) is 0 Å². The Kier molecular flexibility index (Phi) is 4.96. The lowest BCUT2D eigenvalue weighted by atomic mass is 9.96. The maximum atomic E-state index is 13.7. The number of anilines is 1. The topological polar surface area (TPSA) is 134 Å². The second-order valence-electron chi connectivity index (χ2n) is 6.69. The van der Waals surface area contributed by atoms with E-state index >= 15 is 0 Å². The number of pyridine rings is 1. The van der Waals surface area contributed by atoms with Gasteiger partial charge in [-0.2, -0.15) is 10.2 Å². The van der Waals surface area contributed by atoms with Crippen LogP contribution >= 0.6 is 11.6 Å². The van der Waals surface area contributed by atoms with E-state index < -0.39 is 5.82 Å². The quantitative estimate of drug-likeness (QED) is 0.359. The molecule has 0 radical (unpaired) electrons. The summed E-state index contributed by atoms with van der Waals surface area (Å²) in [6.45, 7) is 1.37. The number of Topliss-reactive ketones (excluding diaryl/α,β-unsaturated/α-hetero) is 1. The Bertz CT molecular complexity index is 1270. The Hall–Kier alpha value is -3.72. The molecule has 0 saturated heterocycles. The van der Waals surface area contributed by atoms with Crippen molar-refractivity contribution >= 4 is 23.2 Å². The normalized spacial score (nSPS) is 11.0. The highest BCUT2D eigenvalue weighted by molar-refractivity contribution is 6.30. The van der Waals surface area contributed by atoms with Crippen LogP contribution in [0, 0.1) is 5.82 Å². The predicted octanol–water partition coefficient (Wildman–Crippen LogP) is 3.74. The number of rotatable bonds is 5. The Balaban J connectivity index is 1.77. The summed E-state index contributed by atoms with van der Waals surface area (Å²) in [5, 5.41) is 24.1. The number of hydrogen-bond acceptors (Lipinski definition) is 6. The van der Waals surface area contributed by atoms with Crippen molar-refractivity contribution in [3.05, 3.63) is 64.3 Å². The first-order chi connectivity index (χ1) is 14.3. The Labute approximate surface area is 174 Å². The summed E-state index contributed by atoms with van der Waals surface area (Å²) in [5.41, 5.74) is 9.29. The van der Waals surface area contributed by atoms with Gasteiger partial charge in [0.25, 0.3) is 0 Å². The lowest BCUT2D eigenvalue weighted by Crippen LogP contribution is -2.00. The van der Waals surface area contributed by atoms with E-state index in [1.165, 1.54) is 37.4 Å². The van der Waals surface area contributed by atoms with Crippen LogP contribution in [0.5, 0.6) is 5.75 Å². The lowest BCUT2D eigenvalue weighted by Gasteiger charge is -2.09. The predicted molar refractivity (Wildman–Crippen MR) is 110 cm³/mol. The largest absolute Gasteiger partial charge is 0.504 e. The molecule has 1 aromatic carbocycles. The standard InChI is InChI=1S/C20H16ClFN6O2/c1-9(29)14-6-12(22)2-3-13(14)17-10(8-25-26-17)4-15-18(27-28-19(15)21)11-5-16(30)20(23)24-7-11/h2-3,5-8,30H,4H2,1H3,(H2,23,24)(H,25,26)(H,27,28). The molecule has 0 amide bonds. The second kappa shape index (κ2) is 7.60. The van der Waals surface area contributed by atoms with Crippen LogP contribution in [0.1, 0.15) is 28.4 Å². The van der Waals surface area contributed by atoms with Crippen LogP contribution < -0.4 is 5.73 Å². The van der Waals surface area contributed by atoms with Gasteiger partial charge in [0, 0.05) is 40.4 Å². The third kappa shape index (κ3) is 3.50. The number of nitrogens with two attached hydrogens (primary N) is 1. The zero-order chi connectivity index (χ0) is 21.4. The summed E-state index contributed by atoms with van der Waals surface area (Å²) in [4.78, 5) is 16.0. The van der Waals surface area contributed by atoms with Gasteiger partial charge in [0.2, 0.25) is 0 Å². The van der Waals surface area contributed by atoms with Crippen molar-refractivity contribution in [1.82, 2.24) is 25.4 Å². The van der Waals surface area contributed by atoms with Gasteiger partial charge in [-0.25, -0.2) is 9.37 Å². The molecule has 0 aliphatic rings. The van der Waals surface area contributed by atoms with Crippen LogP contribution in [-0.2, 0) is 6.42 Å². The number of halogens is 2. The molecule has 4 rings (SSSR count). The van der Waals surface area contributed by atoms with E-state index in [0.29, 0.717) is 39.7 Å². The third-order valence-corrected chi connectivity index (χ3v) is 5.02. The average molecular weight is 427 g/mol. The molecular weight excluding hydrogens is 411 g/mol. The molecule has 0 aliphatic heterocycles. The number of nitrogen functional groups attached to an aromatic ring is 1. The van der Waals surface area contributed by atoms with Gasteiger partial charge in [-0.05, 0) is 31.2 Å². The van der Waals surface area contributed by atoms with Gasteiger partial charge >= 0.3 is 0 Å². The molecule has 0 atom stereocenters. The fourth-order valence-corrected chi connectivity index (χ4v) is 3.43. The smallest absolute Gasteiger partial charge is 0.165 e. The monoisotopic (exact) mass is 426 g/mol. The van der Waals surface area contributed by atoms with Crippen molar-refractivity contribution in [3.63, 3.8) is 0 Å². The first-order valence-corrected chi connectivity index (χ1v) is 9.23. The SMILES string of the molecule is CC(=O)c1cc(F)ccc1-c1[nH]ncc1Cc1c(-c2cnc(N)c(O)c2)n[nH]c1Cl. The number of nitrogens with zero attached hydrogens (tertiary/aromatic N) is 3. The van der Waals surface area contributed by atoms with Crippen molar-refractivity contribution in [2.75, 3.05) is 5.73 Å². The number of aromatic hydroxyl groups is 1. The van der Waals surface area contributed by atoms with Crippen molar-refractivity contribution in [3.8, 4) is 28.3 Å². The molecule has 152 valence electrons. The molecule has 0 bridgehead atoms. The maximum absolute atomic E-state index is 13.7. The van der Waals surface area contributed by atoms with Crippen LogP contribution in [0.2, 0.25) is 5.15 Å². The van der Waals surface area contributed by atoms with Crippen LogP contribution in [0.15, 0.2) is 36.7 Å². The molecule has 30 heavy (non-hydrogen) atoms. The Morgan fingerprint density at radius 1 is 1.27 bits per heavy atom. The Morgan fingerprint density at radius 3 is 2.80 bits per heavy atom. The van der Waals surface area contributed by atoms with Crippen molar-refractivity contribution in [1.29, 1.82) is 0 Å². The summed E-state index contributed by atoms with van der Waals surface area (Å²) in [6, 6.07) is 5.46. The van der Waals surface area contributed by atoms with E-state index in [4.69, 9.17) is 17.3 Å². The fraction of sp³-hybridized carbons (Fsp3) is 0.100. The number of benzene rings is 1. The zero-order valence-electron chi connectivity index (χ0n) is 15.7. The minimum Gasteiger partial charge on any atom is -0.504 e. The minimum atomic E-state index is -0.499. The molecule has 0 saturated carbocycles. The first-order valence-electron chi connectivity index (χ1n) is 8.86. The molecule has 4 aromatic rings. The van der Waals surface area contributed by atoms with Gasteiger partial charge in [-0.15, -0.1) is 0 Å². The minimum absolute atomic E-state index is 0.00660. The van der Waals surface area contributed by atoms with Crippen molar-refractivity contribution in [2.24, 2.45) is 0 Å². The highest BCUT2D eigenvalue weighted by Crippen LogP contribution is 2.34. The number of H-pyrrole nitrogens is 2. The average Bonchev–Trinajstić information content (AvgIpc) is 3.31. The van der Waals surface area contributed by atoms with E-state index in [1.54, 1.807) is 6.20 Å². The van der Waals surface area contributed by atoms with E-state index in [2.05, 4.69) is 25.4 Å². The number of aromatic amines is 2. The number of carbonyl (C=O) groups is 1. The molecule has 0 unspecified atom stereocenters. The number of ketones is 1. The van der Waals surface area contributed by atoms with Crippen molar-refractivity contribution < 1.29 is 14.3 Å². The van der Waals surface area contributed by atoms with Gasteiger partial charge < -0.3 is 10.8 Å². The summed E-state index contributed by atoms with van der Waals surface area (Å²) in [5.74, 6) is -0.928. The van der Waals surface area contributed by atoms with Crippen LogP contribution in [0.25, 0.3) is 22.5 Å². The first kappa shape index (κ1) is 19.6. The van der Waals surface area contributed by atoms with Crippen LogP contribution in [-0.4, -0.2) is 36.3 Å². The highest BCUT2D eigenvalue weighted by atomic mass is 35.5. The molecule has 3 heterocycles. The maximum Gasteiger partial charge on any atom is 0.165 e. The molecule has 5 N–H and O–H groups in total. The van der Waals surface area contributed by atoms with Gasteiger partial charge in [0.1, 0.15) is 11.0 Å².